The van der Waals surface area contributed by atoms with Gasteiger partial charge in [-0.2, -0.15) is 0 Å². The van der Waals surface area contributed by atoms with Gasteiger partial charge < -0.3 is 14.6 Å². The van der Waals surface area contributed by atoms with Crippen LogP contribution < -0.4 is 9.46 Å². The van der Waals surface area contributed by atoms with Crippen LogP contribution in [0.5, 0.6) is 5.75 Å². The van der Waals surface area contributed by atoms with Gasteiger partial charge in [-0.05, 0) is 42.5 Å². The molecule has 5 nitrogen and oxygen atoms in total. The summed E-state index contributed by atoms with van der Waals surface area (Å²) in [4.78, 5) is 11.0. The van der Waals surface area contributed by atoms with Crippen molar-refractivity contribution in [3.8, 4) is 5.75 Å². The quantitative estimate of drug-likeness (QED) is 0.753. The maximum absolute atomic E-state index is 11.0. The normalized spacial score (nSPS) is 15.7. The maximum Gasteiger partial charge on any atom is 0.335 e. The van der Waals surface area contributed by atoms with Gasteiger partial charge in [0.25, 0.3) is 0 Å². The van der Waals surface area contributed by atoms with E-state index in [1.807, 2.05) is 0 Å². The van der Waals surface area contributed by atoms with Crippen molar-refractivity contribution in [2.45, 2.75) is 18.8 Å². The number of ether oxygens (including phenoxy) is 1. The van der Waals surface area contributed by atoms with Crippen molar-refractivity contribution >= 4 is 23.8 Å². The second-order valence-electron chi connectivity index (χ2n) is 6.03. The van der Waals surface area contributed by atoms with Crippen molar-refractivity contribution in [1.29, 1.82) is 0 Å². The molecular weight excluding hydrogens is 336 g/mol. The lowest BCUT2D eigenvalue weighted by molar-refractivity contribution is 0.0696. The van der Waals surface area contributed by atoms with Crippen LogP contribution in [0, 0.1) is 0 Å². The van der Waals surface area contributed by atoms with Crippen molar-refractivity contribution in [2.75, 3.05) is 24.9 Å². The molecule has 0 aliphatic carbocycles. The van der Waals surface area contributed by atoms with E-state index >= 15 is 0 Å². The monoisotopic (exact) mass is 358 g/mol. The Labute approximate surface area is 152 Å². The van der Waals surface area contributed by atoms with Crippen LogP contribution in [0.15, 0.2) is 48.5 Å². The highest BCUT2D eigenvalue weighted by Gasteiger charge is 2.21. The van der Waals surface area contributed by atoms with Gasteiger partial charge in [-0.3, -0.25) is 0 Å². The van der Waals surface area contributed by atoms with E-state index in [1.165, 1.54) is 11.6 Å². The predicted octanol–water partition coefficient (Wildman–Crippen LogP) is 4.25. The number of carboxylic acid groups (broad SMARTS) is 1. The van der Waals surface area contributed by atoms with Crippen LogP contribution in [0.4, 0.5) is 5.69 Å². The first-order chi connectivity index (χ1) is 12.2. The molecule has 1 aliphatic rings. The molecule has 2 aromatic carbocycles. The van der Waals surface area contributed by atoms with Crippen molar-refractivity contribution in [3.63, 3.8) is 0 Å². The van der Waals surface area contributed by atoms with E-state index in [4.69, 9.17) is 9.84 Å². The van der Waals surface area contributed by atoms with E-state index in [1.54, 1.807) is 31.4 Å². The summed E-state index contributed by atoms with van der Waals surface area (Å²) in [5, 5.41) is 9.06. The number of benzene rings is 2. The molecular formula is C19H22N2O3S. The second-order valence-corrected chi connectivity index (χ2v) is 6.93. The van der Waals surface area contributed by atoms with Gasteiger partial charge in [0.05, 0.1) is 18.4 Å². The minimum atomic E-state index is -0.958. The minimum Gasteiger partial charge on any atom is -0.495 e. The number of nitrogens with zero attached hydrogens (tertiary/aromatic N) is 1. The number of aromatic carboxylic acids is 1. The molecule has 132 valence electrons. The van der Waals surface area contributed by atoms with Gasteiger partial charge in [0, 0.05) is 25.2 Å². The molecule has 1 fully saturated rings. The fraction of sp³-hybridized carbons (Fsp3) is 0.316. The minimum absolute atomic E-state index is 0.219. The Morgan fingerprint density at radius 3 is 2.56 bits per heavy atom. The van der Waals surface area contributed by atoms with Crippen molar-refractivity contribution in [1.82, 2.24) is 4.31 Å². The topological polar surface area (TPSA) is 61.8 Å². The first-order valence-corrected chi connectivity index (χ1v) is 9.09. The average Bonchev–Trinajstić information content (AvgIpc) is 2.67. The molecule has 0 bridgehead atoms. The number of anilines is 1. The summed E-state index contributed by atoms with van der Waals surface area (Å²) < 4.78 is 10.9. The molecule has 0 spiro atoms. The lowest BCUT2D eigenvalue weighted by atomic mass is 9.90. The summed E-state index contributed by atoms with van der Waals surface area (Å²) in [6, 6.07) is 15.5. The zero-order chi connectivity index (χ0) is 17.6. The number of methoxy groups -OCH3 is 1. The summed E-state index contributed by atoms with van der Waals surface area (Å²) in [6.07, 6.45) is 2.27. The Morgan fingerprint density at radius 1 is 1.20 bits per heavy atom. The molecule has 1 saturated heterocycles. The molecule has 0 radical (unpaired) electrons. The molecule has 0 amide bonds. The standard InChI is InChI=1S/C19H22N2O3S/c1-24-18-13-16(19(22)23)7-8-17(18)20-25-21-11-9-15(10-12-21)14-5-3-2-4-6-14/h2-8,13,15,20H,9-12H2,1H3,(H,22,23). The molecule has 0 unspecified atom stereocenters. The molecule has 1 heterocycles. The zero-order valence-electron chi connectivity index (χ0n) is 14.1. The van der Waals surface area contributed by atoms with Gasteiger partial charge in [-0.1, -0.05) is 30.3 Å². The third-order valence-electron chi connectivity index (χ3n) is 4.46. The lowest BCUT2D eigenvalue weighted by Crippen LogP contribution is -2.28. The van der Waals surface area contributed by atoms with Crippen LogP contribution in [0.1, 0.15) is 34.7 Å². The Bertz CT molecular complexity index is 716. The number of piperidine rings is 1. The molecule has 2 aromatic rings. The fourth-order valence-electron chi connectivity index (χ4n) is 3.03. The molecule has 6 heteroatoms. The number of nitrogens with one attached hydrogen (secondary N) is 1. The number of rotatable bonds is 6. The predicted molar refractivity (Wildman–Crippen MR) is 101 cm³/mol. The first-order valence-electron chi connectivity index (χ1n) is 8.31. The van der Waals surface area contributed by atoms with E-state index < -0.39 is 5.97 Å². The highest BCUT2D eigenvalue weighted by Crippen LogP contribution is 2.33. The van der Waals surface area contributed by atoms with Gasteiger partial charge in [-0.25, -0.2) is 9.10 Å². The second kappa shape index (κ2) is 8.27. The van der Waals surface area contributed by atoms with Crippen molar-refractivity contribution in [3.05, 3.63) is 59.7 Å². The molecule has 0 saturated carbocycles. The average molecular weight is 358 g/mol. The first kappa shape index (κ1) is 17.6. The third-order valence-corrected chi connectivity index (χ3v) is 5.39. The van der Waals surface area contributed by atoms with Crippen LogP contribution in [-0.2, 0) is 0 Å². The lowest BCUT2D eigenvalue weighted by Gasteiger charge is -2.31. The van der Waals surface area contributed by atoms with Crippen LogP contribution in [0.25, 0.3) is 0 Å². The Kier molecular flexibility index (Phi) is 5.83. The third kappa shape index (κ3) is 4.46. The molecule has 0 aromatic heterocycles. The summed E-state index contributed by atoms with van der Waals surface area (Å²) in [5.74, 6) is 0.203. The van der Waals surface area contributed by atoms with Gasteiger partial charge in [0.15, 0.2) is 0 Å². The molecule has 3 rings (SSSR count). The Morgan fingerprint density at radius 2 is 1.92 bits per heavy atom. The van der Waals surface area contributed by atoms with E-state index in [0.29, 0.717) is 11.7 Å². The largest absolute Gasteiger partial charge is 0.495 e. The van der Waals surface area contributed by atoms with Crippen LogP contribution >= 0.6 is 12.1 Å². The molecule has 2 N–H and O–H groups in total. The van der Waals surface area contributed by atoms with Gasteiger partial charge >= 0.3 is 5.97 Å². The van der Waals surface area contributed by atoms with Gasteiger partial charge in [0.2, 0.25) is 0 Å². The van der Waals surface area contributed by atoms with E-state index in [0.717, 1.165) is 31.6 Å². The summed E-state index contributed by atoms with van der Waals surface area (Å²) in [7, 11) is 1.54. The van der Waals surface area contributed by atoms with Gasteiger partial charge in [-0.15, -0.1) is 0 Å². The van der Waals surface area contributed by atoms with E-state index in [9.17, 15) is 4.79 Å². The van der Waals surface area contributed by atoms with Crippen LogP contribution in [-0.4, -0.2) is 35.6 Å². The van der Waals surface area contributed by atoms with Crippen molar-refractivity contribution in [2.24, 2.45) is 0 Å². The van der Waals surface area contributed by atoms with E-state index in [2.05, 4.69) is 39.4 Å². The number of carboxylic acids is 1. The Hall–Kier alpha value is -2.18. The van der Waals surface area contributed by atoms with Crippen LogP contribution in [0.3, 0.4) is 0 Å². The summed E-state index contributed by atoms with van der Waals surface area (Å²) in [6.45, 7) is 2.01. The Balaban J connectivity index is 1.54. The van der Waals surface area contributed by atoms with Gasteiger partial charge in [0.1, 0.15) is 5.75 Å². The highest BCUT2D eigenvalue weighted by molar-refractivity contribution is 7.98. The highest BCUT2D eigenvalue weighted by atomic mass is 32.2. The molecule has 0 atom stereocenters. The SMILES string of the molecule is COc1cc(C(=O)O)ccc1NSN1CCC(c2ccccc2)CC1. The molecule has 25 heavy (non-hydrogen) atoms. The smallest absolute Gasteiger partial charge is 0.335 e. The van der Waals surface area contributed by atoms with E-state index in [-0.39, 0.29) is 5.56 Å². The molecule has 1 aliphatic heterocycles. The van der Waals surface area contributed by atoms with Crippen molar-refractivity contribution < 1.29 is 14.6 Å². The van der Waals surface area contributed by atoms with Crippen LogP contribution in [0.2, 0.25) is 0 Å². The number of hydrogen-bond donors (Lipinski definition) is 2. The number of carbonyl (C=O) groups is 1. The number of hydrogen-bond acceptors (Lipinski definition) is 5. The zero-order valence-corrected chi connectivity index (χ0v) is 15.0. The maximum atomic E-state index is 11.0. The summed E-state index contributed by atoms with van der Waals surface area (Å²) in [5.41, 5.74) is 2.42. The fourth-order valence-corrected chi connectivity index (χ4v) is 3.82. The summed E-state index contributed by atoms with van der Waals surface area (Å²) >= 11 is 1.55.